The van der Waals surface area contributed by atoms with Gasteiger partial charge in [0.1, 0.15) is 5.75 Å². The van der Waals surface area contributed by atoms with E-state index in [-0.39, 0.29) is 23.8 Å². The van der Waals surface area contributed by atoms with E-state index in [1.54, 1.807) is 11.4 Å². The van der Waals surface area contributed by atoms with E-state index in [0.29, 0.717) is 15.1 Å². The van der Waals surface area contributed by atoms with Gasteiger partial charge in [-0.3, -0.25) is 14.9 Å². The molecule has 0 unspecified atom stereocenters. The van der Waals surface area contributed by atoms with Crippen LogP contribution in [0.3, 0.4) is 0 Å². The highest BCUT2D eigenvalue weighted by Gasteiger charge is 2.19. The highest BCUT2D eigenvalue weighted by Crippen LogP contribution is 2.31. The topological polar surface area (TPSA) is 78.7 Å². The number of carbonyl (C=O) groups is 1. The first-order valence-corrected chi connectivity index (χ1v) is 7.41. The predicted molar refractivity (Wildman–Crippen MR) is 81.5 cm³/mol. The molecule has 0 spiro atoms. The molecule has 0 fully saturated rings. The van der Waals surface area contributed by atoms with Gasteiger partial charge in [-0.2, -0.15) is 0 Å². The maximum Gasteiger partial charge on any atom is 0.311 e. The Hall–Kier alpha value is -1.93. The van der Waals surface area contributed by atoms with Crippen LogP contribution in [0.25, 0.3) is 0 Å². The molecule has 110 valence electrons. The number of thiophene rings is 1. The first kappa shape index (κ1) is 15.5. The maximum atomic E-state index is 12.0. The van der Waals surface area contributed by atoms with E-state index in [2.05, 4.69) is 15.9 Å². The van der Waals surface area contributed by atoms with Gasteiger partial charge in [0.25, 0.3) is 0 Å². The van der Waals surface area contributed by atoms with Gasteiger partial charge in [-0.15, -0.1) is 11.3 Å². The Morgan fingerprint density at radius 2 is 2.19 bits per heavy atom. The Labute approximate surface area is 132 Å². The molecule has 0 amide bonds. The Morgan fingerprint density at radius 1 is 1.43 bits per heavy atom. The van der Waals surface area contributed by atoms with Gasteiger partial charge in [-0.05, 0) is 33.4 Å². The summed E-state index contributed by atoms with van der Waals surface area (Å²) in [7, 11) is 1.44. The molecule has 0 atom stereocenters. The minimum atomic E-state index is -0.569. The zero-order valence-electron chi connectivity index (χ0n) is 10.9. The number of halogens is 1. The van der Waals surface area contributed by atoms with Crippen LogP contribution < -0.4 is 9.47 Å². The number of nitrogens with zero attached hydrogens (tertiary/aromatic N) is 1. The second kappa shape index (κ2) is 6.68. The summed E-state index contributed by atoms with van der Waals surface area (Å²) in [6.45, 7) is -0.285. The standard InChI is InChI=1S/C13H10BrNO5S/c1-19-8-2-3-10(15(17)18)12(6-8)20-7-11(16)13-9(14)4-5-21-13/h2-6H,7H2,1H3. The van der Waals surface area contributed by atoms with Gasteiger partial charge in [0.2, 0.25) is 11.5 Å². The van der Waals surface area contributed by atoms with Gasteiger partial charge in [0.15, 0.2) is 6.61 Å². The van der Waals surface area contributed by atoms with Crippen molar-refractivity contribution in [2.45, 2.75) is 0 Å². The zero-order chi connectivity index (χ0) is 15.4. The molecule has 6 nitrogen and oxygen atoms in total. The van der Waals surface area contributed by atoms with Crippen molar-refractivity contribution >= 4 is 38.7 Å². The molecule has 8 heteroatoms. The monoisotopic (exact) mass is 371 g/mol. The summed E-state index contributed by atoms with van der Waals surface area (Å²) in [5, 5.41) is 12.7. The van der Waals surface area contributed by atoms with Crippen molar-refractivity contribution in [2.75, 3.05) is 13.7 Å². The lowest BCUT2D eigenvalue weighted by Gasteiger charge is -2.07. The fourth-order valence-corrected chi connectivity index (χ4v) is 3.11. The third-order valence-electron chi connectivity index (χ3n) is 2.59. The molecule has 2 aromatic rings. The fourth-order valence-electron chi connectivity index (χ4n) is 1.59. The van der Waals surface area contributed by atoms with Crippen molar-refractivity contribution in [2.24, 2.45) is 0 Å². The highest BCUT2D eigenvalue weighted by atomic mass is 79.9. The number of nitro groups is 1. The zero-order valence-corrected chi connectivity index (χ0v) is 13.3. The molecule has 0 bridgehead atoms. The summed E-state index contributed by atoms with van der Waals surface area (Å²) in [4.78, 5) is 22.9. The molecule has 0 aliphatic carbocycles. The van der Waals surface area contributed by atoms with Crippen LogP contribution in [0, 0.1) is 10.1 Å². The van der Waals surface area contributed by atoms with Crippen molar-refractivity contribution in [1.29, 1.82) is 0 Å². The normalized spacial score (nSPS) is 10.2. The molecule has 2 rings (SSSR count). The van der Waals surface area contributed by atoms with E-state index in [1.807, 2.05) is 0 Å². The van der Waals surface area contributed by atoms with Gasteiger partial charge in [0.05, 0.1) is 16.9 Å². The van der Waals surface area contributed by atoms with E-state index in [0.717, 1.165) is 0 Å². The van der Waals surface area contributed by atoms with Crippen molar-refractivity contribution in [3.8, 4) is 11.5 Å². The van der Waals surface area contributed by atoms with Gasteiger partial charge < -0.3 is 9.47 Å². The van der Waals surface area contributed by atoms with E-state index in [1.165, 1.54) is 36.6 Å². The number of nitro benzene ring substituents is 1. The molecule has 1 aromatic heterocycles. The summed E-state index contributed by atoms with van der Waals surface area (Å²) in [6.07, 6.45) is 0. The Morgan fingerprint density at radius 3 is 2.76 bits per heavy atom. The summed E-state index contributed by atoms with van der Waals surface area (Å²) in [6, 6.07) is 5.88. The number of carbonyl (C=O) groups excluding carboxylic acids is 1. The molecule has 1 aromatic carbocycles. The molecule has 0 radical (unpaired) electrons. The molecule has 0 aliphatic heterocycles. The predicted octanol–water partition coefficient (Wildman–Crippen LogP) is 3.69. The lowest BCUT2D eigenvalue weighted by atomic mass is 10.2. The quantitative estimate of drug-likeness (QED) is 0.439. The van der Waals surface area contributed by atoms with Crippen LogP contribution in [0.2, 0.25) is 0 Å². The van der Waals surface area contributed by atoms with E-state index >= 15 is 0 Å². The molecule has 0 aliphatic rings. The number of Topliss-reactive ketones (excluding diaryl/α,β-unsaturated/α-hetero) is 1. The van der Waals surface area contributed by atoms with Crippen LogP contribution in [0.4, 0.5) is 5.69 Å². The smallest absolute Gasteiger partial charge is 0.311 e. The number of hydrogen-bond acceptors (Lipinski definition) is 6. The third-order valence-corrected chi connectivity index (χ3v) is 4.47. The van der Waals surface area contributed by atoms with E-state index < -0.39 is 4.92 Å². The lowest BCUT2D eigenvalue weighted by Crippen LogP contribution is -2.11. The summed E-state index contributed by atoms with van der Waals surface area (Å²) >= 11 is 4.54. The summed E-state index contributed by atoms with van der Waals surface area (Å²) < 4.78 is 11.0. The first-order chi connectivity index (χ1) is 10.0. The minimum absolute atomic E-state index is 0.000351. The molecular weight excluding hydrogens is 362 g/mol. The average molecular weight is 372 g/mol. The molecule has 1 heterocycles. The number of benzene rings is 1. The average Bonchev–Trinajstić information content (AvgIpc) is 2.90. The third kappa shape index (κ3) is 3.59. The van der Waals surface area contributed by atoms with Crippen LogP contribution in [0.15, 0.2) is 34.1 Å². The van der Waals surface area contributed by atoms with Crippen molar-refractivity contribution in [3.63, 3.8) is 0 Å². The number of ether oxygens (including phenoxy) is 2. The van der Waals surface area contributed by atoms with Crippen LogP contribution in [-0.4, -0.2) is 24.4 Å². The first-order valence-electron chi connectivity index (χ1n) is 5.74. The van der Waals surface area contributed by atoms with Gasteiger partial charge in [0, 0.05) is 16.6 Å². The number of hydrogen-bond donors (Lipinski definition) is 0. The van der Waals surface area contributed by atoms with Crippen molar-refractivity contribution in [3.05, 3.63) is 49.1 Å². The van der Waals surface area contributed by atoms with Crippen molar-refractivity contribution in [1.82, 2.24) is 0 Å². The van der Waals surface area contributed by atoms with Crippen LogP contribution in [0.1, 0.15) is 9.67 Å². The highest BCUT2D eigenvalue weighted by molar-refractivity contribution is 9.10. The van der Waals surface area contributed by atoms with Crippen LogP contribution in [-0.2, 0) is 0 Å². The summed E-state index contributed by atoms with van der Waals surface area (Å²) in [5.74, 6) is 0.162. The molecular formula is C13H10BrNO5S. The maximum absolute atomic E-state index is 12.0. The summed E-state index contributed by atoms with van der Waals surface area (Å²) in [5.41, 5.74) is -0.214. The number of methoxy groups -OCH3 is 1. The van der Waals surface area contributed by atoms with E-state index in [9.17, 15) is 14.9 Å². The van der Waals surface area contributed by atoms with Gasteiger partial charge >= 0.3 is 5.69 Å². The van der Waals surface area contributed by atoms with Crippen molar-refractivity contribution < 1.29 is 19.2 Å². The Kier molecular flexibility index (Phi) is 4.92. The van der Waals surface area contributed by atoms with Gasteiger partial charge in [-0.1, -0.05) is 0 Å². The molecule has 21 heavy (non-hydrogen) atoms. The number of rotatable bonds is 6. The van der Waals surface area contributed by atoms with E-state index in [4.69, 9.17) is 9.47 Å². The fraction of sp³-hybridized carbons (Fsp3) is 0.154. The Balaban J connectivity index is 2.17. The molecule has 0 N–H and O–H groups in total. The van der Waals surface area contributed by atoms with Gasteiger partial charge in [-0.25, -0.2) is 0 Å². The van der Waals surface area contributed by atoms with Crippen LogP contribution in [0.5, 0.6) is 11.5 Å². The lowest BCUT2D eigenvalue weighted by molar-refractivity contribution is -0.385. The SMILES string of the molecule is COc1ccc([N+](=O)[O-])c(OCC(=O)c2sccc2Br)c1. The minimum Gasteiger partial charge on any atom is -0.497 e. The second-order valence-corrected chi connectivity index (χ2v) is 5.67. The molecule has 0 saturated carbocycles. The largest absolute Gasteiger partial charge is 0.497 e. The van der Waals surface area contributed by atoms with Crippen LogP contribution >= 0.6 is 27.3 Å². The Bertz CT molecular complexity index is 685. The molecule has 0 saturated heterocycles. The second-order valence-electron chi connectivity index (χ2n) is 3.90. The number of ketones is 1.